The molecule has 1 aliphatic heterocycles. The van der Waals surface area contributed by atoms with Gasteiger partial charge in [-0.05, 0) is 72.4 Å². The van der Waals surface area contributed by atoms with Crippen molar-refractivity contribution < 1.29 is 27.4 Å². The van der Waals surface area contributed by atoms with Crippen LogP contribution >= 0.6 is 11.8 Å². The van der Waals surface area contributed by atoms with Crippen LogP contribution < -0.4 is 19.7 Å². The molecular weight excluding hydrogens is 629 g/mol. The van der Waals surface area contributed by atoms with E-state index >= 15 is 0 Å². The number of thioether (sulfide) groups is 1. The number of aromatic nitrogens is 3. The number of alkyl halides is 3. The van der Waals surface area contributed by atoms with Crippen molar-refractivity contribution in [3.63, 3.8) is 0 Å². The number of aliphatic imine (C=N–C) groups is 1. The van der Waals surface area contributed by atoms with Gasteiger partial charge in [0.1, 0.15) is 17.8 Å². The SMILES string of the molecule is CCC(CNC(=O)N=C1SCCCN1c1ccc(OC)cc1C(C)C)c1ccc(-c2ncn(-c3ccc(OC(F)(F)F)cc3)n2)cc1. The van der Waals surface area contributed by atoms with Crippen molar-refractivity contribution in [2.75, 3.05) is 30.9 Å². The molecule has 1 atom stereocenters. The van der Waals surface area contributed by atoms with Gasteiger partial charge in [-0.3, -0.25) is 0 Å². The zero-order valence-corrected chi connectivity index (χ0v) is 27.4. The molecule has 9 nitrogen and oxygen atoms in total. The largest absolute Gasteiger partial charge is 0.573 e. The summed E-state index contributed by atoms with van der Waals surface area (Å²) in [6, 6.07) is 18.9. The number of rotatable bonds is 10. The normalized spacial score (nSPS) is 15.1. The Morgan fingerprint density at radius 1 is 1.06 bits per heavy atom. The standard InChI is InChI=1S/C34H37F3N6O3S/c1-5-23(20-38-32(44)40-33-42(17-6-18-47-33)30-16-15-28(45-4)19-29(30)22(2)3)24-7-9-25(10-8-24)31-39-21-43(41-31)26-11-13-27(14-12-26)46-34(35,36)37/h7-16,19,21-23H,5-6,17-18,20H2,1-4H3,(H,38,44). The highest BCUT2D eigenvalue weighted by molar-refractivity contribution is 8.14. The minimum absolute atomic E-state index is 0.0698. The number of nitrogens with one attached hydrogen (secondary N) is 1. The highest BCUT2D eigenvalue weighted by Crippen LogP contribution is 2.35. The Balaban J connectivity index is 1.22. The minimum atomic E-state index is -4.75. The lowest BCUT2D eigenvalue weighted by Crippen LogP contribution is -2.37. The first kappa shape index (κ1) is 33.8. The van der Waals surface area contributed by atoms with Gasteiger partial charge in [0.05, 0.1) is 12.8 Å². The Hall–Kier alpha value is -4.52. The number of ether oxygens (including phenoxy) is 2. The number of benzene rings is 3. The van der Waals surface area contributed by atoms with E-state index in [4.69, 9.17) is 4.74 Å². The maximum absolute atomic E-state index is 13.1. The van der Waals surface area contributed by atoms with Gasteiger partial charge in [-0.2, -0.15) is 4.99 Å². The number of hydrogen-bond donors (Lipinski definition) is 1. The molecule has 47 heavy (non-hydrogen) atoms. The number of carbonyl (C=O) groups excluding carboxylic acids is 1. The molecule has 5 rings (SSSR count). The first-order valence-corrected chi connectivity index (χ1v) is 16.4. The van der Waals surface area contributed by atoms with Gasteiger partial charge in [-0.25, -0.2) is 14.5 Å². The van der Waals surface area contributed by atoms with Crippen LogP contribution in [0.3, 0.4) is 0 Å². The van der Waals surface area contributed by atoms with Crippen LogP contribution in [0.5, 0.6) is 11.5 Å². The van der Waals surface area contributed by atoms with Gasteiger partial charge in [0.25, 0.3) is 0 Å². The van der Waals surface area contributed by atoms with E-state index in [1.54, 1.807) is 18.9 Å². The van der Waals surface area contributed by atoms with Crippen LogP contribution in [-0.2, 0) is 0 Å². The van der Waals surface area contributed by atoms with Crippen molar-refractivity contribution in [3.8, 4) is 28.6 Å². The van der Waals surface area contributed by atoms with E-state index in [0.717, 1.165) is 53.3 Å². The van der Waals surface area contributed by atoms with Gasteiger partial charge >= 0.3 is 12.4 Å². The van der Waals surface area contributed by atoms with E-state index in [-0.39, 0.29) is 23.6 Å². The van der Waals surface area contributed by atoms with Crippen molar-refractivity contribution in [3.05, 3.63) is 84.2 Å². The van der Waals surface area contributed by atoms with E-state index in [1.807, 2.05) is 36.4 Å². The number of halogens is 3. The van der Waals surface area contributed by atoms with Crippen LogP contribution in [0, 0.1) is 0 Å². The van der Waals surface area contributed by atoms with Crippen molar-refractivity contribution in [2.24, 2.45) is 4.99 Å². The van der Waals surface area contributed by atoms with Crippen molar-refractivity contribution in [1.82, 2.24) is 20.1 Å². The van der Waals surface area contributed by atoms with Gasteiger partial charge in [0.2, 0.25) is 0 Å². The number of nitrogens with zero attached hydrogens (tertiary/aromatic N) is 5. The van der Waals surface area contributed by atoms with Crippen molar-refractivity contribution >= 4 is 28.6 Å². The molecule has 2 amide bonds. The Bertz CT molecular complexity index is 1690. The minimum Gasteiger partial charge on any atom is -0.497 e. The predicted molar refractivity (Wildman–Crippen MR) is 179 cm³/mol. The van der Waals surface area contributed by atoms with E-state index in [9.17, 15) is 18.0 Å². The summed E-state index contributed by atoms with van der Waals surface area (Å²) in [5.74, 6) is 2.20. The number of urea groups is 1. The first-order valence-electron chi connectivity index (χ1n) is 15.4. The maximum Gasteiger partial charge on any atom is 0.573 e. The molecule has 0 radical (unpaired) electrons. The Labute approximate surface area is 276 Å². The summed E-state index contributed by atoms with van der Waals surface area (Å²) >= 11 is 1.59. The topological polar surface area (TPSA) is 93.9 Å². The summed E-state index contributed by atoms with van der Waals surface area (Å²) in [5, 5.41) is 8.17. The monoisotopic (exact) mass is 666 g/mol. The molecule has 0 bridgehead atoms. The third-order valence-corrected chi connectivity index (χ3v) is 8.85. The maximum atomic E-state index is 13.1. The number of hydrogen-bond acceptors (Lipinski definition) is 6. The summed E-state index contributed by atoms with van der Waals surface area (Å²) in [5.41, 5.74) is 4.56. The number of amides is 2. The average molecular weight is 667 g/mol. The highest BCUT2D eigenvalue weighted by Gasteiger charge is 2.31. The molecule has 1 aromatic heterocycles. The van der Waals surface area contributed by atoms with Gasteiger partial charge in [-0.1, -0.05) is 56.8 Å². The second-order valence-electron chi connectivity index (χ2n) is 11.3. The number of carbonyl (C=O) groups is 1. The van der Waals surface area contributed by atoms with Crippen LogP contribution in [0.1, 0.15) is 56.6 Å². The molecule has 0 saturated carbocycles. The van der Waals surface area contributed by atoms with Crippen molar-refractivity contribution in [2.45, 2.75) is 51.8 Å². The van der Waals surface area contributed by atoms with Crippen LogP contribution in [0.2, 0.25) is 0 Å². The predicted octanol–water partition coefficient (Wildman–Crippen LogP) is 8.17. The van der Waals surface area contributed by atoms with E-state index in [1.165, 1.54) is 35.3 Å². The number of methoxy groups -OCH3 is 1. The van der Waals surface area contributed by atoms with E-state index in [2.05, 4.69) is 56.9 Å². The lowest BCUT2D eigenvalue weighted by molar-refractivity contribution is -0.274. The fourth-order valence-electron chi connectivity index (χ4n) is 5.30. The lowest BCUT2D eigenvalue weighted by atomic mass is 9.95. The molecule has 1 saturated heterocycles. The van der Waals surface area contributed by atoms with Crippen LogP contribution in [0.25, 0.3) is 17.1 Å². The summed E-state index contributed by atoms with van der Waals surface area (Å²) in [6.45, 7) is 7.56. The first-order chi connectivity index (χ1) is 22.5. The quantitative estimate of drug-likeness (QED) is 0.183. The molecule has 4 aromatic rings. The van der Waals surface area contributed by atoms with Gasteiger partial charge in [0, 0.05) is 36.0 Å². The highest BCUT2D eigenvalue weighted by atomic mass is 32.2. The van der Waals surface area contributed by atoms with Gasteiger partial charge < -0.3 is 19.7 Å². The zero-order valence-electron chi connectivity index (χ0n) is 26.6. The molecule has 0 spiro atoms. The summed E-state index contributed by atoms with van der Waals surface area (Å²) in [4.78, 5) is 24.0. The smallest absolute Gasteiger partial charge is 0.497 e. The van der Waals surface area contributed by atoms with E-state index in [0.29, 0.717) is 23.2 Å². The average Bonchev–Trinajstić information content (AvgIpc) is 3.55. The molecule has 13 heteroatoms. The Kier molecular flexibility index (Phi) is 10.7. The second kappa shape index (κ2) is 14.9. The van der Waals surface area contributed by atoms with Crippen LogP contribution in [0.4, 0.5) is 23.7 Å². The molecule has 248 valence electrons. The summed E-state index contributed by atoms with van der Waals surface area (Å²) in [6.07, 6.45) is -1.45. The fourth-order valence-corrected chi connectivity index (χ4v) is 6.25. The molecule has 1 aliphatic rings. The zero-order chi connectivity index (χ0) is 33.6. The molecule has 1 unspecified atom stereocenters. The van der Waals surface area contributed by atoms with E-state index < -0.39 is 6.36 Å². The number of anilines is 1. The molecule has 1 fully saturated rings. The molecule has 3 aromatic carbocycles. The third-order valence-electron chi connectivity index (χ3n) is 7.79. The lowest BCUT2D eigenvalue weighted by Gasteiger charge is -2.32. The van der Waals surface area contributed by atoms with Gasteiger partial charge in [-0.15, -0.1) is 18.3 Å². The van der Waals surface area contributed by atoms with Crippen LogP contribution in [0.15, 0.2) is 78.0 Å². The summed E-state index contributed by atoms with van der Waals surface area (Å²) < 4.78 is 48.2. The molecule has 0 aliphatic carbocycles. The Morgan fingerprint density at radius 3 is 2.45 bits per heavy atom. The second-order valence-corrected chi connectivity index (χ2v) is 12.4. The number of amidine groups is 1. The molecule has 2 heterocycles. The fraction of sp³-hybridized carbons (Fsp3) is 0.353. The van der Waals surface area contributed by atoms with Crippen molar-refractivity contribution in [1.29, 1.82) is 0 Å². The molecular formula is C34H37F3N6O3S. The Morgan fingerprint density at radius 2 is 1.79 bits per heavy atom. The summed E-state index contributed by atoms with van der Waals surface area (Å²) in [7, 11) is 1.66. The van der Waals surface area contributed by atoms with Gasteiger partial charge in [0.15, 0.2) is 11.0 Å². The third kappa shape index (κ3) is 8.64. The molecule has 1 N–H and O–H groups in total. The van der Waals surface area contributed by atoms with Crippen LogP contribution in [-0.4, -0.2) is 58.3 Å².